The van der Waals surface area contributed by atoms with Crippen LogP contribution in [0.2, 0.25) is 0 Å². The Bertz CT molecular complexity index is 555. The number of sulfonamides is 1. The molecule has 3 rings (SSSR count). The number of guanidine groups is 1. The Labute approximate surface area is 146 Å². The molecule has 0 atom stereocenters. The molecule has 3 aliphatic rings. The molecule has 6 nitrogen and oxygen atoms in total. The predicted octanol–water partition coefficient (Wildman–Crippen LogP) is 1.64. The zero-order valence-electron chi connectivity index (χ0n) is 15.0. The van der Waals surface area contributed by atoms with E-state index in [1.165, 1.54) is 38.5 Å². The standard InChI is InChI=1S/C17H32N4O2S/c1-2-18-16(19-10-13-21-11-6-14-24(21,22)23)20-12-9-17(15-20)7-4-3-5-8-17/h2-15H2,1H3,(H,18,19). The minimum absolute atomic E-state index is 0.297. The first kappa shape index (κ1) is 18.0. The average Bonchev–Trinajstić information content (AvgIpc) is 3.11. The lowest BCUT2D eigenvalue weighted by molar-refractivity contribution is 0.203. The number of hydrogen-bond donors (Lipinski definition) is 1. The number of nitrogens with one attached hydrogen (secondary N) is 1. The molecule has 3 fully saturated rings. The molecule has 24 heavy (non-hydrogen) atoms. The second-order valence-electron chi connectivity index (χ2n) is 7.54. The summed E-state index contributed by atoms with van der Waals surface area (Å²) in [4.78, 5) is 7.12. The summed E-state index contributed by atoms with van der Waals surface area (Å²) in [7, 11) is -3.01. The van der Waals surface area contributed by atoms with Crippen LogP contribution in [0.4, 0.5) is 0 Å². The lowest BCUT2D eigenvalue weighted by Crippen LogP contribution is -2.42. The predicted molar refractivity (Wildman–Crippen MR) is 97.7 cm³/mol. The third kappa shape index (κ3) is 4.04. The number of likely N-dealkylation sites (tertiary alicyclic amines) is 1. The van der Waals surface area contributed by atoms with Crippen LogP contribution in [0.15, 0.2) is 4.99 Å². The van der Waals surface area contributed by atoms with Crippen molar-refractivity contribution in [3.63, 3.8) is 0 Å². The second kappa shape index (κ2) is 7.60. The summed E-state index contributed by atoms with van der Waals surface area (Å²) in [6.45, 7) is 6.84. The van der Waals surface area contributed by atoms with Crippen LogP contribution in [-0.4, -0.2) is 68.6 Å². The molecule has 0 radical (unpaired) electrons. The summed E-state index contributed by atoms with van der Waals surface area (Å²) in [6, 6.07) is 0. The average molecular weight is 357 g/mol. The van der Waals surface area contributed by atoms with E-state index >= 15 is 0 Å². The fourth-order valence-electron chi connectivity index (χ4n) is 4.46. The van der Waals surface area contributed by atoms with Crippen LogP contribution in [0.1, 0.15) is 51.9 Å². The zero-order valence-corrected chi connectivity index (χ0v) is 15.8. The highest BCUT2D eigenvalue weighted by Gasteiger charge is 2.39. The van der Waals surface area contributed by atoms with Crippen molar-refractivity contribution in [2.24, 2.45) is 10.4 Å². The van der Waals surface area contributed by atoms with Crippen molar-refractivity contribution >= 4 is 16.0 Å². The highest BCUT2D eigenvalue weighted by Crippen LogP contribution is 2.43. The van der Waals surface area contributed by atoms with Gasteiger partial charge in [-0.3, -0.25) is 4.99 Å². The first-order chi connectivity index (χ1) is 11.5. The maximum Gasteiger partial charge on any atom is 0.214 e. The zero-order chi connectivity index (χ0) is 17.0. The Kier molecular flexibility index (Phi) is 5.70. The van der Waals surface area contributed by atoms with Crippen molar-refractivity contribution in [2.75, 3.05) is 45.0 Å². The van der Waals surface area contributed by atoms with Crippen molar-refractivity contribution < 1.29 is 8.42 Å². The van der Waals surface area contributed by atoms with Gasteiger partial charge in [0.15, 0.2) is 5.96 Å². The van der Waals surface area contributed by atoms with E-state index in [4.69, 9.17) is 4.99 Å². The Morgan fingerprint density at radius 1 is 1.12 bits per heavy atom. The summed E-state index contributed by atoms with van der Waals surface area (Å²) in [6.07, 6.45) is 8.87. The minimum atomic E-state index is -3.01. The van der Waals surface area contributed by atoms with E-state index in [1.807, 2.05) is 0 Å². The lowest BCUT2D eigenvalue weighted by Gasteiger charge is -2.33. The molecule has 0 aromatic carbocycles. The smallest absolute Gasteiger partial charge is 0.214 e. The Hall–Kier alpha value is -0.820. The monoisotopic (exact) mass is 356 g/mol. The molecule has 0 bridgehead atoms. The van der Waals surface area contributed by atoms with E-state index in [0.717, 1.165) is 32.0 Å². The van der Waals surface area contributed by atoms with Gasteiger partial charge in [0.05, 0.1) is 12.3 Å². The van der Waals surface area contributed by atoms with Crippen molar-refractivity contribution in [3.05, 3.63) is 0 Å². The molecule has 1 saturated carbocycles. The van der Waals surface area contributed by atoms with Gasteiger partial charge in [0.2, 0.25) is 10.0 Å². The van der Waals surface area contributed by atoms with Crippen molar-refractivity contribution in [2.45, 2.75) is 51.9 Å². The third-order valence-corrected chi connectivity index (χ3v) is 7.76. The minimum Gasteiger partial charge on any atom is -0.357 e. The van der Waals surface area contributed by atoms with Crippen LogP contribution in [0.25, 0.3) is 0 Å². The molecule has 1 aliphatic carbocycles. The summed E-state index contributed by atoms with van der Waals surface area (Å²) in [5.41, 5.74) is 0.507. The summed E-state index contributed by atoms with van der Waals surface area (Å²) in [5, 5.41) is 3.40. The first-order valence-electron chi connectivity index (χ1n) is 9.56. The molecule has 0 amide bonds. The van der Waals surface area contributed by atoms with E-state index in [2.05, 4.69) is 17.1 Å². The highest BCUT2D eigenvalue weighted by molar-refractivity contribution is 7.89. The van der Waals surface area contributed by atoms with Gasteiger partial charge < -0.3 is 10.2 Å². The maximum absolute atomic E-state index is 11.9. The van der Waals surface area contributed by atoms with Gasteiger partial charge in [-0.25, -0.2) is 12.7 Å². The fraction of sp³-hybridized carbons (Fsp3) is 0.941. The number of nitrogens with zero attached hydrogens (tertiary/aromatic N) is 3. The van der Waals surface area contributed by atoms with Gasteiger partial charge >= 0.3 is 0 Å². The van der Waals surface area contributed by atoms with Crippen LogP contribution in [0.3, 0.4) is 0 Å². The van der Waals surface area contributed by atoms with Gasteiger partial charge in [0.1, 0.15) is 0 Å². The molecule has 2 saturated heterocycles. The molecular formula is C17H32N4O2S. The van der Waals surface area contributed by atoms with Crippen molar-refractivity contribution in [3.8, 4) is 0 Å². The summed E-state index contributed by atoms with van der Waals surface area (Å²) in [5.74, 6) is 1.27. The van der Waals surface area contributed by atoms with Gasteiger partial charge in [-0.1, -0.05) is 19.3 Å². The van der Waals surface area contributed by atoms with E-state index in [-0.39, 0.29) is 0 Å². The normalized spacial score (nSPS) is 27.0. The summed E-state index contributed by atoms with van der Waals surface area (Å²) < 4.78 is 25.3. The van der Waals surface area contributed by atoms with E-state index in [9.17, 15) is 8.42 Å². The van der Waals surface area contributed by atoms with Crippen LogP contribution in [0.5, 0.6) is 0 Å². The Balaban J connectivity index is 1.58. The van der Waals surface area contributed by atoms with E-state index in [0.29, 0.717) is 30.8 Å². The highest BCUT2D eigenvalue weighted by atomic mass is 32.2. The lowest BCUT2D eigenvalue weighted by atomic mass is 9.73. The van der Waals surface area contributed by atoms with E-state index < -0.39 is 10.0 Å². The van der Waals surface area contributed by atoms with Gasteiger partial charge in [-0.15, -0.1) is 0 Å². The third-order valence-electron chi connectivity index (χ3n) is 5.80. The van der Waals surface area contributed by atoms with Gasteiger partial charge in [-0.2, -0.15) is 0 Å². The molecule has 0 aromatic heterocycles. The van der Waals surface area contributed by atoms with E-state index in [1.54, 1.807) is 4.31 Å². The molecule has 1 spiro atoms. The molecule has 1 N–H and O–H groups in total. The molecule has 138 valence electrons. The molecule has 0 aromatic rings. The number of hydrogen-bond acceptors (Lipinski definition) is 3. The topological polar surface area (TPSA) is 65.0 Å². The first-order valence-corrected chi connectivity index (χ1v) is 11.2. The van der Waals surface area contributed by atoms with Gasteiger partial charge in [0, 0.05) is 32.7 Å². The van der Waals surface area contributed by atoms with Crippen LogP contribution < -0.4 is 5.32 Å². The van der Waals surface area contributed by atoms with Crippen molar-refractivity contribution in [1.29, 1.82) is 0 Å². The molecule has 7 heteroatoms. The van der Waals surface area contributed by atoms with Gasteiger partial charge in [0.25, 0.3) is 0 Å². The maximum atomic E-state index is 11.9. The Morgan fingerprint density at radius 3 is 2.58 bits per heavy atom. The van der Waals surface area contributed by atoms with Crippen LogP contribution in [0, 0.1) is 5.41 Å². The second-order valence-corrected chi connectivity index (χ2v) is 9.62. The number of rotatable bonds is 4. The SMILES string of the molecule is CCNC(=NCCN1CCCS1(=O)=O)N1CCC2(CCCCC2)C1. The molecule has 0 unspecified atom stereocenters. The summed E-state index contributed by atoms with van der Waals surface area (Å²) >= 11 is 0. The largest absolute Gasteiger partial charge is 0.357 e. The molecular weight excluding hydrogens is 324 g/mol. The molecule has 2 aliphatic heterocycles. The molecule has 2 heterocycles. The number of aliphatic imine (C=N–C) groups is 1. The van der Waals surface area contributed by atoms with Crippen molar-refractivity contribution in [1.82, 2.24) is 14.5 Å². The van der Waals surface area contributed by atoms with Crippen LogP contribution >= 0.6 is 0 Å². The van der Waals surface area contributed by atoms with Crippen LogP contribution in [-0.2, 0) is 10.0 Å². The quantitative estimate of drug-likeness (QED) is 0.614. The van der Waals surface area contributed by atoms with Gasteiger partial charge in [-0.05, 0) is 38.0 Å². The Morgan fingerprint density at radius 2 is 1.92 bits per heavy atom. The fourth-order valence-corrected chi connectivity index (χ4v) is 5.98.